The summed E-state index contributed by atoms with van der Waals surface area (Å²) in [6.07, 6.45) is 1.51. The van der Waals surface area contributed by atoms with Gasteiger partial charge in [-0.05, 0) is 36.8 Å². The van der Waals surface area contributed by atoms with Gasteiger partial charge in [-0.2, -0.15) is 0 Å². The lowest BCUT2D eigenvalue weighted by Gasteiger charge is -2.10. The Labute approximate surface area is 125 Å². The van der Waals surface area contributed by atoms with Crippen LogP contribution in [0, 0.1) is 6.92 Å². The van der Waals surface area contributed by atoms with Gasteiger partial charge in [0.2, 0.25) is 0 Å². The second-order valence-corrected chi connectivity index (χ2v) is 6.80. The van der Waals surface area contributed by atoms with E-state index in [9.17, 15) is 8.42 Å². The average molecular weight is 362 g/mol. The van der Waals surface area contributed by atoms with E-state index in [2.05, 4.69) is 25.6 Å². The Bertz CT molecular complexity index is 719. The van der Waals surface area contributed by atoms with Crippen molar-refractivity contribution in [3.05, 3.63) is 51.6 Å². The van der Waals surface area contributed by atoms with Crippen molar-refractivity contribution in [3.63, 3.8) is 0 Å². The standard InChI is InChI=1S/C12H10BrClN2O2S/c1-8-10(14)3-2-4-11(8)19(17,18)16-12-7-9(13)5-6-15-12/h2-7H,1H3,(H,15,16). The molecule has 1 aromatic heterocycles. The normalized spacial score (nSPS) is 11.3. The van der Waals surface area contributed by atoms with Crippen molar-refractivity contribution in [2.45, 2.75) is 11.8 Å². The summed E-state index contributed by atoms with van der Waals surface area (Å²) in [7, 11) is -3.70. The molecular formula is C12H10BrClN2O2S. The Morgan fingerprint density at radius 2 is 2.05 bits per heavy atom. The smallest absolute Gasteiger partial charge is 0.263 e. The summed E-state index contributed by atoms with van der Waals surface area (Å²) in [5.41, 5.74) is 0.506. The molecule has 0 aliphatic heterocycles. The molecule has 4 nitrogen and oxygen atoms in total. The van der Waals surface area contributed by atoms with Crippen LogP contribution in [0.5, 0.6) is 0 Å². The quantitative estimate of drug-likeness (QED) is 0.908. The summed E-state index contributed by atoms with van der Waals surface area (Å²) < 4.78 is 27.7. The Morgan fingerprint density at radius 1 is 1.32 bits per heavy atom. The van der Waals surface area contributed by atoms with E-state index in [-0.39, 0.29) is 10.7 Å². The van der Waals surface area contributed by atoms with Crippen molar-refractivity contribution in [3.8, 4) is 0 Å². The van der Waals surface area contributed by atoms with Crippen LogP contribution in [0.25, 0.3) is 0 Å². The second-order valence-electron chi connectivity index (χ2n) is 3.83. The van der Waals surface area contributed by atoms with Gasteiger partial charge in [0.05, 0.1) is 4.90 Å². The van der Waals surface area contributed by atoms with Crippen molar-refractivity contribution in [1.82, 2.24) is 4.98 Å². The minimum atomic E-state index is -3.70. The molecule has 0 unspecified atom stereocenters. The van der Waals surface area contributed by atoms with Crippen molar-refractivity contribution >= 4 is 43.4 Å². The van der Waals surface area contributed by atoms with Gasteiger partial charge < -0.3 is 0 Å². The van der Waals surface area contributed by atoms with Crippen LogP contribution in [0.2, 0.25) is 5.02 Å². The molecule has 0 amide bonds. The van der Waals surface area contributed by atoms with Crippen molar-refractivity contribution in [1.29, 1.82) is 0 Å². The lowest BCUT2D eigenvalue weighted by molar-refractivity contribution is 0.600. The number of sulfonamides is 1. The third-order valence-electron chi connectivity index (χ3n) is 2.47. The number of nitrogens with zero attached hydrogens (tertiary/aromatic N) is 1. The van der Waals surface area contributed by atoms with Crippen molar-refractivity contribution in [2.24, 2.45) is 0 Å². The first-order valence-electron chi connectivity index (χ1n) is 5.29. The minimum absolute atomic E-state index is 0.141. The molecular weight excluding hydrogens is 352 g/mol. The number of rotatable bonds is 3. The summed E-state index contributed by atoms with van der Waals surface area (Å²) in [5.74, 6) is 0.244. The van der Waals surface area contributed by atoms with Gasteiger partial charge in [0, 0.05) is 15.7 Å². The maximum Gasteiger partial charge on any atom is 0.263 e. The molecule has 0 saturated heterocycles. The van der Waals surface area contributed by atoms with Crippen LogP contribution in [0.4, 0.5) is 5.82 Å². The molecule has 0 spiro atoms. The fourth-order valence-electron chi connectivity index (χ4n) is 1.53. The summed E-state index contributed by atoms with van der Waals surface area (Å²) in [6.45, 7) is 1.66. The largest absolute Gasteiger partial charge is 0.263 e. The van der Waals surface area contributed by atoms with Gasteiger partial charge in [-0.25, -0.2) is 13.4 Å². The zero-order valence-electron chi connectivity index (χ0n) is 9.89. The fourth-order valence-corrected chi connectivity index (χ4v) is 3.37. The topological polar surface area (TPSA) is 59.1 Å². The zero-order chi connectivity index (χ0) is 14.0. The highest BCUT2D eigenvalue weighted by molar-refractivity contribution is 9.10. The van der Waals surface area contributed by atoms with Crippen LogP contribution in [-0.4, -0.2) is 13.4 Å². The molecule has 0 aliphatic carbocycles. The molecule has 0 fully saturated rings. The molecule has 7 heteroatoms. The molecule has 0 radical (unpaired) electrons. The number of aromatic nitrogens is 1. The fraction of sp³-hybridized carbons (Fsp3) is 0.0833. The second kappa shape index (κ2) is 5.48. The van der Waals surface area contributed by atoms with E-state index in [0.717, 1.165) is 4.47 Å². The molecule has 19 heavy (non-hydrogen) atoms. The maximum atomic E-state index is 12.3. The molecule has 0 saturated carbocycles. The van der Waals surface area contributed by atoms with Crippen LogP contribution in [-0.2, 0) is 10.0 Å². The van der Waals surface area contributed by atoms with Gasteiger partial charge >= 0.3 is 0 Å². The third kappa shape index (κ3) is 3.26. The van der Waals surface area contributed by atoms with E-state index < -0.39 is 10.0 Å². The predicted molar refractivity (Wildman–Crippen MR) is 78.9 cm³/mol. The number of nitrogens with one attached hydrogen (secondary N) is 1. The van der Waals surface area contributed by atoms with Gasteiger partial charge in [-0.15, -0.1) is 0 Å². The molecule has 0 aliphatic rings. The molecule has 0 atom stereocenters. The first-order valence-corrected chi connectivity index (χ1v) is 7.95. The van der Waals surface area contributed by atoms with Crippen LogP contribution >= 0.6 is 27.5 Å². The zero-order valence-corrected chi connectivity index (χ0v) is 13.1. The lowest BCUT2D eigenvalue weighted by atomic mass is 10.2. The molecule has 0 bridgehead atoms. The van der Waals surface area contributed by atoms with E-state index >= 15 is 0 Å². The number of hydrogen-bond donors (Lipinski definition) is 1. The van der Waals surface area contributed by atoms with Crippen LogP contribution in [0.1, 0.15) is 5.56 Å². The van der Waals surface area contributed by atoms with E-state index in [0.29, 0.717) is 10.6 Å². The van der Waals surface area contributed by atoms with Crippen molar-refractivity contribution in [2.75, 3.05) is 4.72 Å². The maximum absolute atomic E-state index is 12.3. The van der Waals surface area contributed by atoms with E-state index in [4.69, 9.17) is 11.6 Å². The molecule has 2 aromatic rings. The van der Waals surface area contributed by atoms with E-state index in [1.165, 1.54) is 12.3 Å². The molecule has 100 valence electrons. The Balaban J connectivity index is 2.41. The van der Waals surface area contributed by atoms with Gasteiger partial charge in [0.25, 0.3) is 10.0 Å². The summed E-state index contributed by atoms with van der Waals surface area (Å²) in [4.78, 5) is 4.09. The van der Waals surface area contributed by atoms with Gasteiger partial charge in [0.1, 0.15) is 5.82 Å². The van der Waals surface area contributed by atoms with Crippen molar-refractivity contribution < 1.29 is 8.42 Å². The minimum Gasteiger partial charge on any atom is -0.263 e. The monoisotopic (exact) mass is 360 g/mol. The van der Waals surface area contributed by atoms with Crippen LogP contribution < -0.4 is 4.72 Å². The van der Waals surface area contributed by atoms with Gasteiger partial charge in [-0.1, -0.05) is 33.6 Å². The number of hydrogen-bond acceptors (Lipinski definition) is 3. The third-order valence-corrected chi connectivity index (χ3v) is 4.87. The molecule has 2 rings (SSSR count). The molecule has 1 aromatic carbocycles. The SMILES string of the molecule is Cc1c(Cl)cccc1S(=O)(=O)Nc1cc(Br)ccn1. The van der Waals surface area contributed by atoms with Crippen LogP contribution in [0.15, 0.2) is 45.9 Å². The number of anilines is 1. The van der Waals surface area contributed by atoms with E-state index in [1.54, 1.807) is 31.2 Å². The lowest BCUT2D eigenvalue weighted by Crippen LogP contribution is -2.15. The Kier molecular flexibility index (Phi) is 4.13. The summed E-state index contributed by atoms with van der Waals surface area (Å²) in [5, 5.41) is 0.407. The highest BCUT2D eigenvalue weighted by Crippen LogP contribution is 2.24. The predicted octanol–water partition coefficient (Wildman–Crippen LogP) is 3.61. The molecule has 1 N–H and O–H groups in total. The average Bonchev–Trinajstić information content (AvgIpc) is 2.32. The highest BCUT2D eigenvalue weighted by Gasteiger charge is 2.18. The van der Waals surface area contributed by atoms with Gasteiger partial charge in [0.15, 0.2) is 0 Å². The Morgan fingerprint density at radius 3 is 2.74 bits per heavy atom. The summed E-state index contributed by atoms with van der Waals surface area (Å²) >= 11 is 9.19. The summed E-state index contributed by atoms with van der Waals surface area (Å²) in [6, 6.07) is 8.03. The molecule has 1 heterocycles. The number of benzene rings is 1. The van der Waals surface area contributed by atoms with E-state index in [1.807, 2.05) is 0 Å². The van der Waals surface area contributed by atoms with Gasteiger partial charge in [-0.3, -0.25) is 4.72 Å². The Hall–Kier alpha value is -1.11. The highest BCUT2D eigenvalue weighted by atomic mass is 79.9. The first-order chi connectivity index (χ1) is 8.90. The number of pyridine rings is 1. The first kappa shape index (κ1) is 14.3. The number of halogens is 2. The van der Waals surface area contributed by atoms with Crippen LogP contribution in [0.3, 0.4) is 0 Å².